The predicted molar refractivity (Wildman–Crippen MR) is 101 cm³/mol. The van der Waals surface area contributed by atoms with E-state index in [1.807, 2.05) is 32.9 Å². The summed E-state index contributed by atoms with van der Waals surface area (Å²) in [6, 6.07) is 3.84. The zero-order valence-corrected chi connectivity index (χ0v) is 16.1. The third kappa shape index (κ3) is 2.78. The van der Waals surface area contributed by atoms with Crippen molar-refractivity contribution in [3.63, 3.8) is 0 Å². The number of amides is 2. The molecule has 1 saturated carbocycles. The van der Waals surface area contributed by atoms with Gasteiger partial charge in [0.25, 0.3) is 0 Å². The van der Waals surface area contributed by atoms with Crippen molar-refractivity contribution in [2.24, 2.45) is 0 Å². The number of hydrogen-bond donors (Lipinski definition) is 1. The minimum Gasteiger partial charge on any atom is -0.443 e. The van der Waals surface area contributed by atoms with Crippen molar-refractivity contribution in [1.29, 1.82) is 0 Å². The third-order valence-corrected chi connectivity index (χ3v) is 5.45. The van der Waals surface area contributed by atoms with E-state index in [9.17, 15) is 9.59 Å². The molecular formula is C20H23ClN2O3. The van der Waals surface area contributed by atoms with Gasteiger partial charge in [0.1, 0.15) is 5.60 Å². The van der Waals surface area contributed by atoms with Crippen molar-refractivity contribution in [1.82, 2.24) is 4.90 Å². The lowest BCUT2D eigenvalue weighted by atomic mass is 9.94. The fraction of sp³-hybridized carbons (Fsp3) is 0.500. The molecule has 138 valence electrons. The van der Waals surface area contributed by atoms with Crippen LogP contribution in [0.3, 0.4) is 0 Å². The van der Waals surface area contributed by atoms with E-state index < -0.39 is 11.0 Å². The molecule has 1 spiro atoms. The van der Waals surface area contributed by atoms with Crippen LogP contribution in [-0.2, 0) is 14.9 Å². The minimum atomic E-state index is -0.552. The van der Waals surface area contributed by atoms with Crippen molar-refractivity contribution in [2.75, 3.05) is 11.9 Å². The lowest BCUT2D eigenvalue weighted by Crippen LogP contribution is -2.37. The molecule has 2 aliphatic heterocycles. The Labute approximate surface area is 158 Å². The van der Waals surface area contributed by atoms with Crippen molar-refractivity contribution in [2.45, 2.75) is 57.5 Å². The molecule has 0 saturated heterocycles. The van der Waals surface area contributed by atoms with Crippen LogP contribution >= 0.6 is 11.6 Å². The number of carbonyl (C=O) groups excluding carboxylic acids is 2. The first-order valence-corrected chi connectivity index (χ1v) is 9.46. The average molecular weight is 375 g/mol. The zero-order valence-electron chi connectivity index (χ0n) is 15.3. The van der Waals surface area contributed by atoms with E-state index in [1.165, 1.54) is 0 Å². The Kier molecular flexibility index (Phi) is 3.85. The van der Waals surface area contributed by atoms with Crippen LogP contribution in [0.5, 0.6) is 0 Å². The monoisotopic (exact) mass is 374 g/mol. The Morgan fingerprint density at radius 1 is 1.31 bits per heavy atom. The molecule has 5 nitrogen and oxygen atoms in total. The molecule has 26 heavy (non-hydrogen) atoms. The lowest BCUT2D eigenvalue weighted by molar-refractivity contribution is -0.117. The maximum atomic E-state index is 12.7. The summed E-state index contributed by atoms with van der Waals surface area (Å²) in [6.07, 6.45) is 5.18. The molecule has 1 fully saturated rings. The number of hydrogen-bond acceptors (Lipinski definition) is 3. The SMILES string of the molecule is CC(C)(C)OC(=O)N1CCCC=C1c1cc(Cl)c2c(c1)C1(CC1)C(=O)N2. The number of anilines is 1. The van der Waals surface area contributed by atoms with Gasteiger partial charge < -0.3 is 10.1 Å². The number of rotatable bonds is 1. The normalized spacial score (nSPS) is 20.5. The maximum absolute atomic E-state index is 12.7. The first-order valence-electron chi connectivity index (χ1n) is 9.08. The van der Waals surface area contributed by atoms with Gasteiger partial charge >= 0.3 is 6.09 Å². The minimum absolute atomic E-state index is 0.0353. The highest BCUT2D eigenvalue weighted by Gasteiger charge is 2.56. The van der Waals surface area contributed by atoms with Gasteiger partial charge in [0.2, 0.25) is 5.91 Å². The van der Waals surface area contributed by atoms with Gasteiger partial charge in [0.05, 0.1) is 21.8 Å². The van der Waals surface area contributed by atoms with E-state index in [1.54, 1.807) is 4.90 Å². The third-order valence-electron chi connectivity index (χ3n) is 5.15. The fourth-order valence-corrected chi connectivity index (χ4v) is 4.00. The number of halogens is 1. The van der Waals surface area contributed by atoms with E-state index in [-0.39, 0.29) is 12.0 Å². The molecule has 1 aromatic rings. The molecule has 1 aromatic carbocycles. The van der Waals surface area contributed by atoms with Crippen LogP contribution in [0.4, 0.5) is 10.5 Å². The highest BCUT2D eigenvalue weighted by atomic mass is 35.5. The van der Waals surface area contributed by atoms with Crippen molar-refractivity contribution in [3.8, 4) is 0 Å². The number of ether oxygens (including phenoxy) is 1. The van der Waals surface area contributed by atoms with Crippen molar-refractivity contribution < 1.29 is 14.3 Å². The topological polar surface area (TPSA) is 58.6 Å². The summed E-state index contributed by atoms with van der Waals surface area (Å²) in [5, 5.41) is 3.44. The van der Waals surface area contributed by atoms with Gasteiger partial charge in [-0.3, -0.25) is 9.69 Å². The molecule has 0 aromatic heterocycles. The second kappa shape index (κ2) is 5.74. The number of nitrogens with one attached hydrogen (secondary N) is 1. The molecule has 0 radical (unpaired) electrons. The van der Waals surface area contributed by atoms with Crippen LogP contribution in [-0.4, -0.2) is 29.0 Å². The van der Waals surface area contributed by atoms with Gasteiger partial charge in [-0.2, -0.15) is 0 Å². The highest BCUT2D eigenvalue weighted by molar-refractivity contribution is 6.35. The van der Waals surface area contributed by atoms with Gasteiger partial charge in [-0.05, 0) is 69.7 Å². The summed E-state index contributed by atoms with van der Waals surface area (Å²) in [5.74, 6) is 0.0353. The number of carbonyl (C=O) groups is 2. The molecule has 0 atom stereocenters. The van der Waals surface area contributed by atoms with Gasteiger partial charge in [-0.15, -0.1) is 0 Å². The van der Waals surface area contributed by atoms with Gasteiger partial charge in [0.15, 0.2) is 0 Å². The number of benzene rings is 1. The largest absolute Gasteiger partial charge is 0.443 e. The smallest absolute Gasteiger partial charge is 0.414 e. The van der Waals surface area contributed by atoms with E-state index in [0.29, 0.717) is 11.6 Å². The Balaban J connectivity index is 1.72. The summed E-state index contributed by atoms with van der Waals surface area (Å²) >= 11 is 6.47. The van der Waals surface area contributed by atoms with E-state index in [4.69, 9.17) is 16.3 Å². The molecule has 3 aliphatic rings. The Morgan fingerprint density at radius 3 is 2.69 bits per heavy atom. The molecule has 0 bridgehead atoms. The Morgan fingerprint density at radius 2 is 2.04 bits per heavy atom. The average Bonchev–Trinajstić information content (AvgIpc) is 3.31. The number of allylic oxidation sites excluding steroid dienone is 1. The standard InChI is InChI=1S/C20H23ClN2O3/c1-19(2,3)26-18(25)23-9-5-4-6-15(23)12-10-13-16(14(21)11-12)22-17(24)20(13)7-8-20/h6,10-11H,4-5,7-9H2,1-3H3,(H,22,24). The summed E-state index contributed by atoms with van der Waals surface area (Å²) < 4.78 is 5.57. The molecule has 4 rings (SSSR count). The van der Waals surface area contributed by atoms with Crippen LogP contribution in [0.15, 0.2) is 18.2 Å². The van der Waals surface area contributed by atoms with Crippen LogP contribution in [0, 0.1) is 0 Å². The molecule has 6 heteroatoms. The van der Waals surface area contributed by atoms with Gasteiger partial charge in [0, 0.05) is 6.54 Å². The highest BCUT2D eigenvalue weighted by Crippen LogP contribution is 2.57. The summed E-state index contributed by atoms with van der Waals surface area (Å²) in [6.45, 7) is 6.19. The van der Waals surface area contributed by atoms with Crippen LogP contribution in [0.25, 0.3) is 5.70 Å². The van der Waals surface area contributed by atoms with E-state index in [2.05, 4.69) is 11.4 Å². The van der Waals surface area contributed by atoms with Crippen LogP contribution in [0.1, 0.15) is 57.6 Å². The quantitative estimate of drug-likeness (QED) is 0.775. The first-order chi connectivity index (χ1) is 12.2. The zero-order chi connectivity index (χ0) is 18.7. The summed E-state index contributed by atoms with van der Waals surface area (Å²) in [5.41, 5.74) is 2.39. The summed E-state index contributed by atoms with van der Waals surface area (Å²) in [4.78, 5) is 26.7. The lowest BCUT2D eigenvalue weighted by Gasteiger charge is -2.31. The maximum Gasteiger partial charge on any atom is 0.414 e. The second-order valence-electron chi connectivity index (χ2n) is 8.28. The summed E-state index contributed by atoms with van der Waals surface area (Å²) in [7, 11) is 0. The molecule has 1 N–H and O–H groups in total. The van der Waals surface area contributed by atoms with E-state index >= 15 is 0 Å². The predicted octanol–water partition coefficient (Wildman–Crippen LogP) is 4.70. The Hall–Kier alpha value is -2.01. The first kappa shape index (κ1) is 17.4. The number of fused-ring (bicyclic) bond motifs is 2. The van der Waals surface area contributed by atoms with Crippen LogP contribution < -0.4 is 5.32 Å². The molecule has 2 heterocycles. The second-order valence-corrected chi connectivity index (χ2v) is 8.69. The van der Waals surface area contributed by atoms with Crippen LogP contribution in [0.2, 0.25) is 5.02 Å². The molecular weight excluding hydrogens is 352 g/mol. The van der Waals surface area contributed by atoms with Gasteiger partial charge in [-0.25, -0.2) is 4.79 Å². The fourth-order valence-electron chi connectivity index (χ4n) is 3.74. The molecule has 1 aliphatic carbocycles. The van der Waals surface area contributed by atoms with Gasteiger partial charge in [-0.1, -0.05) is 17.7 Å². The molecule has 0 unspecified atom stereocenters. The molecule has 2 amide bonds. The van der Waals surface area contributed by atoms with Crippen molar-refractivity contribution >= 4 is 35.0 Å². The van der Waals surface area contributed by atoms with E-state index in [0.717, 1.165) is 48.2 Å². The van der Waals surface area contributed by atoms with Crippen molar-refractivity contribution in [3.05, 3.63) is 34.4 Å². The number of nitrogens with zero attached hydrogens (tertiary/aromatic N) is 1. The Bertz CT molecular complexity index is 834.